The van der Waals surface area contributed by atoms with Crippen LogP contribution in [0.25, 0.3) is 0 Å². The van der Waals surface area contributed by atoms with Crippen molar-refractivity contribution in [1.29, 1.82) is 0 Å². The first-order chi connectivity index (χ1) is 9.61. The lowest BCUT2D eigenvalue weighted by Crippen LogP contribution is -2.50. The summed E-state index contributed by atoms with van der Waals surface area (Å²) in [5.74, 6) is 0.536. The minimum absolute atomic E-state index is 0. The number of hydrogen-bond donors (Lipinski definition) is 1. The molecule has 0 radical (unpaired) electrons. The van der Waals surface area contributed by atoms with Crippen LogP contribution >= 0.6 is 12.4 Å². The molecule has 21 heavy (non-hydrogen) atoms. The van der Waals surface area contributed by atoms with E-state index in [-0.39, 0.29) is 30.5 Å². The number of amides is 1. The third-order valence-corrected chi connectivity index (χ3v) is 3.72. The molecule has 2 rings (SSSR count). The number of carbonyl (C=O) groups excluding carboxylic acids is 1. The van der Waals surface area contributed by atoms with Crippen molar-refractivity contribution >= 4 is 18.3 Å². The van der Waals surface area contributed by atoms with Gasteiger partial charge in [-0.05, 0) is 18.5 Å². The first-order valence-corrected chi connectivity index (χ1v) is 7.24. The Morgan fingerprint density at radius 3 is 2.57 bits per heavy atom. The van der Waals surface area contributed by atoms with Gasteiger partial charge in [0.25, 0.3) is 0 Å². The number of ether oxygens (including phenoxy) is 1. The van der Waals surface area contributed by atoms with Crippen LogP contribution in [0, 0.1) is 5.92 Å². The molecule has 4 nitrogen and oxygen atoms in total. The molecule has 1 aliphatic heterocycles. The SMILES string of the molecule is CNCC(=O)N1C[C@@H](c2ccccc2)O[C@@H](C(C)C)C1.Cl. The second kappa shape index (κ2) is 8.37. The summed E-state index contributed by atoms with van der Waals surface area (Å²) in [4.78, 5) is 14.1. The summed E-state index contributed by atoms with van der Waals surface area (Å²) in [7, 11) is 1.80. The zero-order chi connectivity index (χ0) is 14.5. The number of nitrogens with zero attached hydrogens (tertiary/aromatic N) is 1. The van der Waals surface area contributed by atoms with Crippen LogP contribution in [0.5, 0.6) is 0 Å². The number of morpholine rings is 1. The van der Waals surface area contributed by atoms with E-state index in [0.717, 1.165) is 5.56 Å². The highest BCUT2D eigenvalue weighted by Gasteiger charge is 2.32. The highest BCUT2D eigenvalue weighted by atomic mass is 35.5. The molecule has 0 aliphatic carbocycles. The zero-order valence-electron chi connectivity index (χ0n) is 12.9. The molecule has 1 fully saturated rings. The Kier molecular flexibility index (Phi) is 7.15. The van der Waals surface area contributed by atoms with Crippen LogP contribution in [0.4, 0.5) is 0 Å². The van der Waals surface area contributed by atoms with Gasteiger partial charge in [0.1, 0.15) is 6.10 Å². The Bertz CT molecular complexity index is 439. The van der Waals surface area contributed by atoms with Gasteiger partial charge in [0.15, 0.2) is 0 Å². The van der Waals surface area contributed by atoms with E-state index in [4.69, 9.17) is 4.74 Å². The van der Waals surface area contributed by atoms with E-state index < -0.39 is 0 Å². The summed E-state index contributed by atoms with van der Waals surface area (Å²) in [6.07, 6.45) is 0.0629. The summed E-state index contributed by atoms with van der Waals surface area (Å²) in [6, 6.07) is 10.1. The van der Waals surface area contributed by atoms with Crippen LogP contribution in [-0.4, -0.2) is 43.6 Å². The van der Waals surface area contributed by atoms with Gasteiger partial charge in [-0.15, -0.1) is 12.4 Å². The van der Waals surface area contributed by atoms with Crippen molar-refractivity contribution in [3.8, 4) is 0 Å². The van der Waals surface area contributed by atoms with Crippen LogP contribution in [0.3, 0.4) is 0 Å². The molecular weight excluding hydrogens is 288 g/mol. The minimum atomic E-state index is -0.0295. The van der Waals surface area contributed by atoms with Gasteiger partial charge < -0.3 is 15.0 Å². The first kappa shape index (κ1) is 18.0. The van der Waals surface area contributed by atoms with Gasteiger partial charge in [-0.1, -0.05) is 44.2 Å². The fourth-order valence-electron chi connectivity index (χ4n) is 2.48. The number of likely N-dealkylation sites (N-methyl/N-ethyl adjacent to an activating group) is 1. The van der Waals surface area contributed by atoms with Gasteiger partial charge in [-0.2, -0.15) is 0 Å². The second-order valence-corrected chi connectivity index (χ2v) is 5.65. The largest absolute Gasteiger partial charge is 0.366 e. The molecule has 1 amide bonds. The predicted octanol–water partition coefficient (Wildman–Crippen LogP) is 2.25. The normalized spacial score (nSPS) is 22.0. The van der Waals surface area contributed by atoms with E-state index in [1.54, 1.807) is 7.05 Å². The third-order valence-electron chi connectivity index (χ3n) is 3.72. The van der Waals surface area contributed by atoms with Crippen molar-refractivity contribution in [3.63, 3.8) is 0 Å². The maximum absolute atomic E-state index is 12.2. The third kappa shape index (κ3) is 4.70. The van der Waals surface area contributed by atoms with Crippen LogP contribution in [0.1, 0.15) is 25.5 Å². The molecular formula is C16H25ClN2O2. The molecule has 0 unspecified atom stereocenters. The Hall–Kier alpha value is -1.10. The highest BCUT2D eigenvalue weighted by Crippen LogP contribution is 2.28. The van der Waals surface area contributed by atoms with E-state index in [1.165, 1.54) is 0 Å². The number of rotatable bonds is 4. The Balaban J connectivity index is 0.00000220. The summed E-state index contributed by atoms with van der Waals surface area (Å²) in [6.45, 7) is 5.97. The molecule has 2 atom stereocenters. The van der Waals surface area contributed by atoms with E-state index in [1.807, 2.05) is 23.1 Å². The van der Waals surface area contributed by atoms with E-state index in [2.05, 4.69) is 31.3 Å². The number of halogens is 1. The van der Waals surface area contributed by atoms with Gasteiger partial charge >= 0.3 is 0 Å². The lowest BCUT2D eigenvalue weighted by atomic mass is 10.0. The number of hydrogen-bond acceptors (Lipinski definition) is 3. The van der Waals surface area contributed by atoms with Gasteiger partial charge in [0.05, 0.1) is 19.2 Å². The molecule has 0 aromatic heterocycles. The second-order valence-electron chi connectivity index (χ2n) is 5.65. The van der Waals surface area contributed by atoms with Crippen molar-refractivity contribution < 1.29 is 9.53 Å². The first-order valence-electron chi connectivity index (χ1n) is 7.24. The summed E-state index contributed by atoms with van der Waals surface area (Å²) >= 11 is 0. The van der Waals surface area contributed by atoms with Gasteiger partial charge in [-0.3, -0.25) is 4.79 Å². The summed E-state index contributed by atoms with van der Waals surface area (Å²) < 4.78 is 6.18. The standard InChI is InChI=1S/C16H24N2O2.ClH/c1-12(2)14-10-18(16(19)9-17-3)11-15(20-14)13-7-5-4-6-8-13;/h4-8,12,14-15,17H,9-11H2,1-3H3;1H/t14-,15+;/m1./s1. The van der Waals surface area contributed by atoms with Crippen LogP contribution in [0.2, 0.25) is 0 Å². The lowest BCUT2D eigenvalue weighted by Gasteiger charge is -2.40. The predicted molar refractivity (Wildman–Crippen MR) is 86.6 cm³/mol. The van der Waals surface area contributed by atoms with E-state index in [0.29, 0.717) is 25.6 Å². The smallest absolute Gasteiger partial charge is 0.236 e. The molecule has 0 bridgehead atoms. The van der Waals surface area contributed by atoms with Crippen molar-refractivity contribution in [2.45, 2.75) is 26.1 Å². The quantitative estimate of drug-likeness (QED) is 0.927. The molecule has 118 valence electrons. The van der Waals surface area contributed by atoms with Crippen molar-refractivity contribution in [1.82, 2.24) is 10.2 Å². The molecule has 1 aromatic carbocycles. The van der Waals surface area contributed by atoms with E-state index >= 15 is 0 Å². The number of nitrogens with one attached hydrogen (secondary N) is 1. The molecule has 1 heterocycles. The average Bonchev–Trinajstić information content (AvgIpc) is 2.48. The van der Waals surface area contributed by atoms with E-state index in [9.17, 15) is 4.79 Å². The van der Waals surface area contributed by atoms with Crippen LogP contribution < -0.4 is 5.32 Å². The fourth-order valence-corrected chi connectivity index (χ4v) is 2.48. The van der Waals surface area contributed by atoms with Crippen molar-refractivity contribution in [2.24, 2.45) is 5.92 Å². The Morgan fingerprint density at radius 2 is 2.00 bits per heavy atom. The monoisotopic (exact) mass is 312 g/mol. The van der Waals surface area contributed by atoms with Gasteiger partial charge in [0, 0.05) is 6.54 Å². The van der Waals surface area contributed by atoms with Crippen molar-refractivity contribution in [3.05, 3.63) is 35.9 Å². The summed E-state index contributed by atoms with van der Waals surface area (Å²) in [5, 5.41) is 2.93. The molecule has 0 spiro atoms. The summed E-state index contributed by atoms with van der Waals surface area (Å²) in [5.41, 5.74) is 1.14. The lowest BCUT2D eigenvalue weighted by molar-refractivity contribution is -0.149. The number of carbonyl (C=O) groups is 1. The highest BCUT2D eigenvalue weighted by molar-refractivity contribution is 5.85. The minimum Gasteiger partial charge on any atom is -0.366 e. The molecule has 1 aliphatic rings. The Labute approximate surface area is 133 Å². The molecule has 0 saturated carbocycles. The van der Waals surface area contributed by atoms with Gasteiger partial charge in [-0.25, -0.2) is 0 Å². The van der Waals surface area contributed by atoms with Crippen molar-refractivity contribution in [2.75, 3.05) is 26.7 Å². The Morgan fingerprint density at radius 1 is 1.33 bits per heavy atom. The molecule has 1 aromatic rings. The topological polar surface area (TPSA) is 41.6 Å². The van der Waals surface area contributed by atoms with Crippen LogP contribution in [-0.2, 0) is 9.53 Å². The van der Waals surface area contributed by atoms with Crippen LogP contribution in [0.15, 0.2) is 30.3 Å². The zero-order valence-corrected chi connectivity index (χ0v) is 13.7. The maximum atomic E-state index is 12.2. The molecule has 1 saturated heterocycles. The maximum Gasteiger partial charge on any atom is 0.236 e. The van der Waals surface area contributed by atoms with Gasteiger partial charge in [0.2, 0.25) is 5.91 Å². The molecule has 1 N–H and O–H groups in total. The number of benzene rings is 1. The fraction of sp³-hybridized carbons (Fsp3) is 0.562. The average molecular weight is 313 g/mol. The molecule has 5 heteroatoms.